The molecule has 0 saturated heterocycles. The fraction of sp³-hybridized carbons (Fsp3) is 0.800. The van der Waals surface area contributed by atoms with Crippen LogP contribution in [0, 0.1) is 0 Å². The van der Waals surface area contributed by atoms with E-state index in [1.807, 2.05) is 0 Å². The highest BCUT2D eigenvalue weighted by Crippen LogP contribution is 1.91. The van der Waals surface area contributed by atoms with Gasteiger partial charge in [0.1, 0.15) is 0 Å². The molecule has 0 aromatic rings. The van der Waals surface area contributed by atoms with Crippen LogP contribution in [0.5, 0.6) is 0 Å². The SMILES string of the molecule is [NH]CCCCC(=O)O. The van der Waals surface area contributed by atoms with Crippen LogP contribution in [0.15, 0.2) is 0 Å². The second-order valence-electron chi connectivity index (χ2n) is 1.60. The summed E-state index contributed by atoms with van der Waals surface area (Å²) in [5.41, 5.74) is 6.65. The van der Waals surface area contributed by atoms with E-state index in [1.165, 1.54) is 0 Å². The normalized spacial score (nSPS) is 9.12. The average Bonchev–Trinajstić information content (AvgIpc) is 1.66. The largest absolute Gasteiger partial charge is 0.481 e. The minimum absolute atomic E-state index is 0.207. The number of nitrogens with one attached hydrogen (secondary N) is 1. The van der Waals surface area contributed by atoms with Crippen molar-refractivity contribution in [2.75, 3.05) is 6.54 Å². The van der Waals surface area contributed by atoms with Gasteiger partial charge < -0.3 is 5.11 Å². The van der Waals surface area contributed by atoms with Crippen molar-refractivity contribution in [1.82, 2.24) is 5.73 Å². The smallest absolute Gasteiger partial charge is 0.303 e. The Hall–Kier alpha value is -0.570. The van der Waals surface area contributed by atoms with Crippen molar-refractivity contribution in [3.63, 3.8) is 0 Å². The van der Waals surface area contributed by atoms with Crippen molar-refractivity contribution in [3.05, 3.63) is 0 Å². The molecule has 0 aliphatic rings. The molecule has 0 heterocycles. The molecular formula is C5H10NO2. The molecule has 0 aliphatic heterocycles. The number of hydrogen-bond donors (Lipinski definition) is 1. The standard InChI is InChI=1S/C5H10NO2/c6-4-2-1-3-5(7)8/h6H,1-4H2,(H,7,8). The Morgan fingerprint density at radius 2 is 2.12 bits per heavy atom. The zero-order valence-corrected chi connectivity index (χ0v) is 4.68. The summed E-state index contributed by atoms with van der Waals surface area (Å²) in [7, 11) is 0. The first kappa shape index (κ1) is 7.43. The minimum Gasteiger partial charge on any atom is -0.481 e. The lowest BCUT2D eigenvalue weighted by Crippen LogP contribution is -1.95. The van der Waals surface area contributed by atoms with Crippen LogP contribution >= 0.6 is 0 Å². The number of unbranched alkanes of at least 4 members (excludes halogenated alkanes) is 1. The summed E-state index contributed by atoms with van der Waals surface area (Å²) in [6.45, 7) is 0.341. The van der Waals surface area contributed by atoms with Crippen molar-refractivity contribution in [2.24, 2.45) is 0 Å². The van der Waals surface area contributed by atoms with E-state index in [9.17, 15) is 4.79 Å². The molecule has 0 rings (SSSR count). The maximum Gasteiger partial charge on any atom is 0.303 e. The van der Waals surface area contributed by atoms with Crippen LogP contribution in [0.4, 0.5) is 0 Å². The van der Waals surface area contributed by atoms with Gasteiger partial charge in [0.2, 0.25) is 0 Å². The predicted octanol–water partition coefficient (Wildman–Crippen LogP) is 0.524. The zero-order valence-electron chi connectivity index (χ0n) is 4.68. The van der Waals surface area contributed by atoms with Gasteiger partial charge in [0.05, 0.1) is 0 Å². The van der Waals surface area contributed by atoms with Gasteiger partial charge in [-0.05, 0) is 12.8 Å². The molecule has 0 atom stereocenters. The Bertz CT molecular complexity index is 72.8. The maximum atomic E-state index is 9.81. The lowest BCUT2D eigenvalue weighted by Gasteiger charge is -1.89. The van der Waals surface area contributed by atoms with Gasteiger partial charge >= 0.3 is 5.97 Å². The van der Waals surface area contributed by atoms with Crippen LogP contribution in [0.25, 0.3) is 0 Å². The Morgan fingerprint density at radius 3 is 2.50 bits per heavy atom. The third-order valence-electron chi connectivity index (χ3n) is 0.817. The van der Waals surface area contributed by atoms with E-state index >= 15 is 0 Å². The van der Waals surface area contributed by atoms with Crippen LogP contribution in [0.2, 0.25) is 0 Å². The van der Waals surface area contributed by atoms with Crippen molar-refractivity contribution >= 4 is 5.97 Å². The van der Waals surface area contributed by atoms with Crippen LogP contribution in [-0.2, 0) is 4.79 Å². The Balaban J connectivity index is 2.82. The number of carboxylic acids is 1. The highest BCUT2D eigenvalue weighted by atomic mass is 16.4. The molecule has 0 fully saturated rings. The van der Waals surface area contributed by atoms with E-state index in [4.69, 9.17) is 10.8 Å². The molecule has 0 amide bonds. The molecule has 2 N–H and O–H groups in total. The molecule has 0 aromatic heterocycles. The van der Waals surface area contributed by atoms with E-state index < -0.39 is 5.97 Å². The monoisotopic (exact) mass is 116 g/mol. The van der Waals surface area contributed by atoms with E-state index in [0.717, 1.165) is 0 Å². The summed E-state index contributed by atoms with van der Waals surface area (Å²) in [6, 6.07) is 0. The quantitative estimate of drug-likeness (QED) is 0.544. The fourth-order valence-corrected chi connectivity index (χ4v) is 0.401. The molecule has 47 valence electrons. The lowest BCUT2D eigenvalue weighted by atomic mass is 10.2. The van der Waals surface area contributed by atoms with Crippen LogP contribution in [-0.4, -0.2) is 17.6 Å². The van der Waals surface area contributed by atoms with E-state index in [0.29, 0.717) is 19.4 Å². The highest BCUT2D eigenvalue weighted by Gasteiger charge is 1.93. The highest BCUT2D eigenvalue weighted by molar-refractivity contribution is 5.66. The van der Waals surface area contributed by atoms with Crippen molar-refractivity contribution < 1.29 is 9.90 Å². The van der Waals surface area contributed by atoms with Gasteiger partial charge in [0.25, 0.3) is 0 Å². The molecule has 0 unspecified atom stereocenters. The first-order chi connectivity index (χ1) is 3.77. The summed E-state index contributed by atoms with van der Waals surface area (Å²) in [6.07, 6.45) is 1.55. The fourth-order valence-electron chi connectivity index (χ4n) is 0.401. The molecular weight excluding hydrogens is 106 g/mol. The minimum atomic E-state index is -0.765. The third kappa shape index (κ3) is 5.43. The van der Waals surface area contributed by atoms with E-state index in [1.54, 1.807) is 0 Å². The summed E-state index contributed by atoms with van der Waals surface area (Å²) in [5, 5.41) is 8.08. The number of aliphatic carboxylic acids is 1. The van der Waals surface area contributed by atoms with Gasteiger partial charge in [0, 0.05) is 13.0 Å². The number of hydrogen-bond acceptors (Lipinski definition) is 1. The van der Waals surface area contributed by atoms with E-state index in [-0.39, 0.29) is 6.42 Å². The van der Waals surface area contributed by atoms with Gasteiger partial charge in [-0.25, -0.2) is 0 Å². The first-order valence-corrected chi connectivity index (χ1v) is 2.63. The lowest BCUT2D eigenvalue weighted by molar-refractivity contribution is -0.137. The molecule has 0 spiro atoms. The van der Waals surface area contributed by atoms with Gasteiger partial charge in [-0.3, -0.25) is 10.5 Å². The third-order valence-corrected chi connectivity index (χ3v) is 0.817. The van der Waals surface area contributed by atoms with E-state index in [2.05, 4.69) is 0 Å². The number of carboxylic acid groups (broad SMARTS) is 1. The number of carbonyl (C=O) groups is 1. The molecule has 3 nitrogen and oxygen atoms in total. The maximum absolute atomic E-state index is 9.81. The Kier molecular flexibility index (Phi) is 4.26. The van der Waals surface area contributed by atoms with Crippen LogP contribution in [0.3, 0.4) is 0 Å². The number of rotatable bonds is 4. The molecule has 1 radical (unpaired) electrons. The van der Waals surface area contributed by atoms with Gasteiger partial charge in [-0.15, -0.1) is 0 Å². The van der Waals surface area contributed by atoms with Crippen molar-refractivity contribution in [2.45, 2.75) is 19.3 Å². The molecule has 0 aliphatic carbocycles. The summed E-state index contributed by atoms with van der Waals surface area (Å²) in [4.78, 5) is 9.81. The molecule has 3 heteroatoms. The molecule has 0 aromatic carbocycles. The predicted molar refractivity (Wildman–Crippen MR) is 29.5 cm³/mol. The second-order valence-corrected chi connectivity index (χ2v) is 1.60. The van der Waals surface area contributed by atoms with Crippen molar-refractivity contribution in [1.29, 1.82) is 0 Å². The van der Waals surface area contributed by atoms with Crippen molar-refractivity contribution in [3.8, 4) is 0 Å². The summed E-state index contributed by atoms with van der Waals surface area (Å²) < 4.78 is 0. The Morgan fingerprint density at radius 1 is 1.50 bits per heavy atom. The Labute approximate surface area is 48.5 Å². The van der Waals surface area contributed by atoms with Crippen LogP contribution in [0.1, 0.15) is 19.3 Å². The summed E-state index contributed by atoms with van der Waals surface area (Å²) >= 11 is 0. The van der Waals surface area contributed by atoms with Gasteiger partial charge in [0.15, 0.2) is 0 Å². The first-order valence-electron chi connectivity index (χ1n) is 2.63. The average molecular weight is 116 g/mol. The molecule has 0 saturated carbocycles. The second kappa shape index (κ2) is 4.59. The zero-order chi connectivity index (χ0) is 6.41. The molecule has 0 bridgehead atoms. The topological polar surface area (TPSA) is 61.1 Å². The van der Waals surface area contributed by atoms with Gasteiger partial charge in [-0.1, -0.05) is 0 Å². The van der Waals surface area contributed by atoms with Gasteiger partial charge in [-0.2, -0.15) is 0 Å². The molecule has 8 heavy (non-hydrogen) atoms. The summed E-state index contributed by atoms with van der Waals surface area (Å²) in [5.74, 6) is -0.765. The van der Waals surface area contributed by atoms with Crippen LogP contribution < -0.4 is 5.73 Å².